The van der Waals surface area contributed by atoms with Crippen LogP contribution in [0.3, 0.4) is 0 Å². The van der Waals surface area contributed by atoms with Gasteiger partial charge in [-0.15, -0.1) is 0 Å². The largest absolute Gasteiger partial charge is 0.405 e. The number of hydrogen-bond acceptors (Lipinski definition) is 4. The third-order valence-electron chi connectivity index (χ3n) is 5.96. The Balaban J connectivity index is 2.13. The molecule has 2 unspecified atom stereocenters. The van der Waals surface area contributed by atoms with Crippen molar-refractivity contribution >= 4 is 13.5 Å². The Morgan fingerprint density at radius 2 is 1.60 bits per heavy atom. The topological polar surface area (TPSA) is 64.6 Å². The Kier molecular flexibility index (Phi) is 9.19. The maximum Gasteiger partial charge on any atom is 0.405 e. The van der Waals surface area contributed by atoms with Crippen molar-refractivity contribution in [2.24, 2.45) is 0 Å². The molecule has 0 radical (unpaired) electrons. The predicted molar refractivity (Wildman–Crippen MR) is 131 cm³/mol. The Hall–Kier alpha value is -2.15. The van der Waals surface area contributed by atoms with Crippen LogP contribution in [0, 0.1) is 0 Å². The predicted octanol–water partition coefficient (Wildman–Crippen LogP) is 7.36. The zero-order chi connectivity index (χ0) is 25.6. The van der Waals surface area contributed by atoms with Crippen LogP contribution < -0.4 is 5.32 Å². The molecule has 9 heteroatoms. The molecule has 1 amide bonds. The molecule has 1 aliphatic carbocycles. The number of fused-ring (bicyclic) bond motifs is 3. The van der Waals surface area contributed by atoms with E-state index in [0.29, 0.717) is 30.4 Å². The highest BCUT2D eigenvalue weighted by Crippen LogP contribution is 2.65. The lowest BCUT2D eigenvalue weighted by atomic mass is 9.93. The van der Waals surface area contributed by atoms with E-state index in [1.165, 1.54) is 0 Å². The summed E-state index contributed by atoms with van der Waals surface area (Å²) in [6.07, 6.45) is -1.90. The van der Waals surface area contributed by atoms with Crippen LogP contribution in [0.15, 0.2) is 42.5 Å². The number of benzene rings is 2. The van der Waals surface area contributed by atoms with E-state index >= 15 is 0 Å². The number of nitrogens with one attached hydrogen (secondary N) is 1. The van der Waals surface area contributed by atoms with E-state index < -0.39 is 37.8 Å². The molecule has 0 spiro atoms. The second-order valence-electron chi connectivity index (χ2n) is 8.68. The molecule has 2 aromatic rings. The quantitative estimate of drug-likeness (QED) is 0.302. The normalized spacial score (nSPS) is 16.0. The summed E-state index contributed by atoms with van der Waals surface area (Å²) in [5, 5.41) is 2.04. The molecule has 0 aromatic heterocycles. The smallest absolute Gasteiger partial charge is 0.346 e. The summed E-state index contributed by atoms with van der Waals surface area (Å²) >= 11 is 0. The molecule has 0 fully saturated rings. The Morgan fingerprint density at radius 3 is 2.20 bits per heavy atom. The Bertz CT molecular complexity index is 1060. The molecule has 0 heterocycles. The first-order valence-electron chi connectivity index (χ1n) is 12.1. The molecule has 3 rings (SSSR count). The second-order valence-corrected chi connectivity index (χ2v) is 10.9. The number of amides is 1. The van der Waals surface area contributed by atoms with Gasteiger partial charge in [-0.05, 0) is 47.1 Å². The molecule has 0 saturated carbocycles. The second kappa shape index (κ2) is 11.7. The van der Waals surface area contributed by atoms with E-state index in [2.05, 4.69) is 0 Å². The highest BCUT2D eigenvalue weighted by atomic mass is 31.2. The van der Waals surface area contributed by atoms with Crippen molar-refractivity contribution < 1.29 is 31.6 Å². The van der Waals surface area contributed by atoms with Crippen LogP contribution in [0.4, 0.5) is 13.2 Å². The van der Waals surface area contributed by atoms with Gasteiger partial charge in [0.15, 0.2) is 0 Å². The number of halogens is 3. The highest BCUT2D eigenvalue weighted by molar-refractivity contribution is 7.54. The van der Waals surface area contributed by atoms with Crippen LogP contribution >= 0.6 is 7.60 Å². The number of hydrogen-bond donors (Lipinski definition) is 1. The minimum absolute atomic E-state index is 0.287. The van der Waals surface area contributed by atoms with E-state index in [9.17, 15) is 22.5 Å². The van der Waals surface area contributed by atoms with Gasteiger partial charge >= 0.3 is 13.8 Å². The summed E-state index contributed by atoms with van der Waals surface area (Å²) in [5.41, 5.74) is 2.88. The monoisotopic (exact) mass is 511 g/mol. The fraction of sp³-hybridized carbons (Fsp3) is 0.500. The van der Waals surface area contributed by atoms with Crippen LogP contribution in [0.2, 0.25) is 0 Å². The average Bonchev–Trinajstić information content (AvgIpc) is 3.17. The zero-order valence-corrected chi connectivity index (χ0v) is 21.3. The Morgan fingerprint density at radius 1 is 0.971 bits per heavy atom. The number of carbonyl (C=O) groups excluding carboxylic acids is 1. The van der Waals surface area contributed by atoms with E-state index in [-0.39, 0.29) is 13.2 Å². The van der Waals surface area contributed by atoms with Gasteiger partial charge in [-0.1, -0.05) is 69.7 Å². The van der Waals surface area contributed by atoms with Crippen molar-refractivity contribution in [3.8, 4) is 11.1 Å². The van der Waals surface area contributed by atoms with Gasteiger partial charge in [0.2, 0.25) is 5.91 Å². The van der Waals surface area contributed by atoms with E-state index in [0.717, 1.165) is 23.1 Å². The molecule has 1 N–H and O–H groups in total. The molecule has 0 bridgehead atoms. The van der Waals surface area contributed by atoms with Crippen molar-refractivity contribution in [1.82, 2.24) is 5.32 Å². The minimum atomic E-state index is -4.51. The third kappa shape index (κ3) is 6.16. The first-order chi connectivity index (χ1) is 16.7. The van der Waals surface area contributed by atoms with Gasteiger partial charge in [-0.3, -0.25) is 9.36 Å². The van der Waals surface area contributed by atoms with Gasteiger partial charge in [0.25, 0.3) is 0 Å². The van der Waals surface area contributed by atoms with Crippen molar-refractivity contribution in [2.45, 2.75) is 64.2 Å². The molecule has 0 saturated heterocycles. The van der Waals surface area contributed by atoms with Gasteiger partial charge in [-0.2, -0.15) is 13.2 Å². The van der Waals surface area contributed by atoms with Crippen LogP contribution in [-0.2, 0) is 18.4 Å². The fourth-order valence-electron chi connectivity index (χ4n) is 4.55. The third-order valence-corrected chi connectivity index (χ3v) is 8.34. The maximum atomic E-state index is 14.1. The number of alkyl halides is 3. The summed E-state index contributed by atoms with van der Waals surface area (Å²) in [7, 11) is -3.57. The molecular formula is C26H33F3NO4P. The first-order valence-corrected chi connectivity index (χ1v) is 13.7. The van der Waals surface area contributed by atoms with Crippen LogP contribution in [0.1, 0.15) is 74.7 Å². The lowest BCUT2D eigenvalue weighted by Gasteiger charge is -2.29. The fourth-order valence-corrected chi connectivity index (χ4v) is 6.98. The lowest BCUT2D eigenvalue weighted by Crippen LogP contribution is -2.36. The molecule has 5 nitrogen and oxygen atoms in total. The molecule has 1 aliphatic rings. The Labute approximate surface area is 204 Å². The van der Waals surface area contributed by atoms with E-state index in [1.807, 2.05) is 44.3 Å². The molecular weight excluding hydrogens is 478 g/mol. The van der Waals surface area contributed by atoms with Gasteiger partial charge in [-0.25, -0.2) is 0 Å². The number of rotatable bonds is 12. The van der Waals surface area contributed by atoms with E-state index in [4.69, 9.17) is 9.05 Å². The molecule has 35 heavy (non-hydrogen) atoms. The number of carbonyl (C=O) groups is 1. The SMILES string of the molecule is CCCOP(=O)(OCCC)C(CCC)c1cccc2c1-c1ccccc1C2C(=O)NCC(F)(F)F. The average molecular weight is 512 g/mol. The van der Waals surface area contributed by atoms with Crippen LogP contribution in [-0.4, -0.2) is 31.8 Å². The zero-order valence-electron chi connectivity index (χ0n) is 20.4. The summed E-state index contributed by atoms with van der Waals surface area (Å²) < 4.78 is 64.3. The molecule has 2 aromatic carbocycles. The molecule has 0 aliphatic heterocycles. The first kappa shape index (κ1) is 27.4. The van der Waals surface area contributed by atoms with Gasteiger partial charge in [0, 0.05) is 0 Å². The van der Waals surface area contributed by atoms with Gasteiger partial charge in [0.1, 0.15) is 6.54 Å². The minimum Gasteiger partial charge on any atom is -0.346 e. The summed E-state index contributed by atoms with van der Waals surface area (Å²) in [4.78, 5) is 13.0. The summed E-state index contributed by atoms with van der Waals surface area (Å²) in [6.45, 7) is 5.02. The molecule has 192 valence electrons. The molecule has 2 atom stereocenters. The maximum absolute atomic E-state index is 14.1. The van der Waals surface area contributed by atoms with Gasteiger partial charge < -0.3 is 14.4 Å². The highest BCUT2D eigenvalue weighted by Gasteiger charge is 2.42. The lowest BCUT2D eigenvalue weighted by molar-refractivity contribution is -0.138. The van der Waals surface area contributed by atoms with Crippen LogP contribution in [0.25, 0.3) is 11.1 Å². The summed E-state index contributed by atoms with van der Waals surface area (Å²) in [6, 6.07) is 12.6. The summed E-state index contributed by atoms with van der Waals surface area (Å²) in [5.74, 6) is -1.61. The van der Waals surface area contributed by atoms with Crippen molar-refractivity contribution in [2.75, 3.05) is 19.8 Å². The van der Waals surface area contributed by atoms with Crippen molar-refractivity contribution in [3.05, 3.63) is 59.2 Å². The van der Waals surface area contributed by atoms with Gasteiger partial charge in [0.05, 0.1) is 24.8 Å². The van der Waals surface area contributed by atoms with Crippen molar-refractivity contribution in [3.63, 3.8) is 0 Å². The van der Waals surface area contributed by atoms with Crippen LogP contribution in [0.5, 0.6) is 0 Å². The van der Waals surface area contributed by atoms with Crippen molar-refractivity contribution in [1.29, 1.82) is 0 Å². The standard InChI is InChI=1S/C26H33F3NO4P/c1-4-10-22(35(32,33-15-5-2)34-16-6-3)20-13-9-14-21-23(20)18-11-7-8-12-19(18)24(21)25(31)30-17-26(27,28)29/h7-9,11-14,22,24H,4-6,10,15-17H2,1-3H3,(H,30,31). The van der Waals surface area contributed by atoms with E-state index in [1.54, 1.807) is 24.3 Å².